The molecule has 4 rings (SSSR count). The van der Waals surface area contributed by atoms with Crippen molar-refractivity contribution in [3.8, 4) is 0 Å². The van der Waals surface area contributed by atoms with Gasteiger partial charge in [0.25, 0.3) is 10.0 Å². The van der Waals surface area contributed by atoms with Crippen LogP contribution in [-0.4, -0.2) is 33.8 Å². The third-order valence-corrected chi connectivity index (χ3v) is 7.23. The molecule has 0 bridgehead atoms. The fraction of sp³-hybridized carbons (Fsp3) is 0.167. The van der Waals surface area contributed by atoms with Gasteiger partial charge in [-0.1, -0.05) is 42.5 Å². The van der Waals surface area contributed by atoms with E-state index in [0.29, 0.717) is 11.4 Å². The first kappa shape index (κ1) is 21.6. The number of hydrogen-bond donors (Lipinski definition) is 1. The highest BCUT2D eigenvalue weighted by Crippen LogP contribution is 2.27. The Kier molecular flexibility index (Phi) is 5.96. The lowest BCUT2D eigenvalue weighted by atomic mass is 10.1. The van der Waals surface area contributed by atoms with E-state index in [1.165, 1.54) is 23.5 Å². The molecule has 1 saturated heterocycles. The van der Waals surface area contributed by atoms with Gasteiger partial charge >= 0.3 is 0 Å². The molecule has 7 nitrogen and oxygen atoms in total. The molecule has 8 heteroatoms. The van der Waals surface area contributed by atoms with Crippen molar-refractivity contribution in [3.63, 3.8) is 0 Å². The molecule has 1 fully saturated rings. The van der Waals surface area contributed by atoms with E-state index < -0.39 is 15.9 Å². The van der Waals surface area contributed by atoms with Crippen molar-refractivity contribution in [1.82, 2.24) is 0 Å². The summed E-state index contributed by atoms with van der Waals surface area (Å²) in [6.45, 7) is 0.281. The van der Waals surface area contributed by atoms with Gasteiger partial charge in [-0.3, -0.25) is 13.9 Å². The topological polar surface area (TPSA) is 86.8 Å². The first-order valence-corrected chi connectivity index (χ1v) is 11.6. The third kappa shape index (κ3) is 4.36. The summed E-state index contributed by atoms with van der Waals surface area (Å²) in [6.07, 6.45) is 0.107. The maximum absolute atomic E-state index is 13.0. The fourth-order valence-electron chi connectivity index (χ4n) is 3.65. The minimum atomic E-state index is -3.80. The summed E-state index contributed by atoms with van der Waals surface area (Å²) in [5.41, 5.74) is 1.65. The van der Waals surface area contributed by atoms with E-state index in [2.05, 4.69) is 5.32 Å². The normalized spacial score (nSPS) is 16.1. The molecular weight excluding hydrogens is 426 g/mol. The summed E-state index contributed by atoms with van der Waals surface area (Å²) in [4.78, 5) is 26.9. The molecule has 32 heavy (non-hydrogen) atoms. The molecule has 1 N–H and O–H groups in total. The van der Waals surface area contributed by atoms with E-state index in [-0.39, 0.29) is 29.7 Å². The van der Waals surface area contributed by atoms with Gasteiger partial charge < -0.3 is 10.2 Å². The van der Waals surface area contributed by atoms with Crippen LogP contribution in [0.1, 0.15) is 6.42 Å². The second kappa shape index (κ2) is 8.84. The van der Waals surface area contributed by atoms with Crippen LogP contribution in [0.2, 0.25) is 0 Å². The SMILES string of the molecule is CN(c1ccccc1)S(=O)(=O)c1cccc(NC(=O)C2CC(=O)N(c3ccccc3)C2)c1. The average Bonchev–Trinajstić information content (AvgIpc) is 3.21. The molecule has 1 atom stereocenters. The number of hydrogen-bond acceptors (Lipinski definition) is 4. The molecule has 0 aromatic heterocycles. The van der Waals surface area contributed by atoms with E-state index in [1.54, 1.807) is 41.3 Å². The second-order valence-corrected chi connectivity index (χ2v) is 9.54. The zero-order valence-corrected chi connectivity index (χ0v) is 18.3. The maximum Gasteiger partial charge on any atom is 0.264 e. The Bertz CT molecular complexity index is 1230. The van der Waals surface area contributed by atoms with Gasteiger partial charge in [0, 0.05) is 31.4 Å². The van der Waals surface area contributed by atoms with Crippen LogP contribution in [0.4, 0.5) is 17.1 Å². The van der Waals surface area contributed by atoms with E-state index in [1.807, 2.05) is 36.4 Å². The molecule has 1 heterocycles. The number of rotatable bonds is 6. The Balaban J connectivity index is 1.48. The van der Waals surface area contributed by atoms with Crippen LogP contribution in [-0.2, 0) is 19.6 Å². The summed E-state index contributed by atoms with van der Waals surface area (Å²) in [5, 5.41) is 2.77. The van der Waals surface area contributed by atoms with Crippen molar-refractivity contribution >= 4 is 38.9 Å². The Labute approximate surface area is 187 Å². The Morgan fingerprint density at radius 3 is 2.31 bits per heavy atom. The zero-order chi connectivity index (χ0) is 22.7. The summed E-state index contributed by atoms with van der Waals surface area (Å²) >= 11 is 0. The van der Waals surface area contributed by atoms with Crippen LogP contribution in [0.15, 0.2) is 89.8 Å². The number of amides is 2. The van der Waals surface area contributed by atoms with Crippen LogP contribution in [0.3, 0.4) is 0 Å². The molecule has 1 aliphatic heterocycles. The fourth-order valence-corrected chi connectivity index (χ4v) is 4.90. The highest BCUT2D eigenvalue weighted by atomic mass is 32.2. The zero-order valence-electron chi connectivity index (χ0n) is 17.5. The molecule has 0 radical (unpaired) electrons. The summed E-state index contributed by atoms with van der Waals surface area (Å²) in [5.74, 6) is -0.949. The lowest BCUT2D eigenvalue weighted by Gasteiger charge is -2.20. The standard InChI is InChI=1S/C24H23N3O4S/c1-26(20-10-4-2-5-11-20)32(30,31)22-14-8-9-19(16-22)25-24(29)18-15-23(28)27(17-18)21-12-6-3-7-13-21/h2-14,16,18H,15,17H2,1H3,(H,25,29). The molecule has 1 aliphatic rings. The van der Waals surface area contributed by atoms with Crippen molar-refractivity contribution in [3.05, 3.63) is 84.9 Å². The molecule has 3 aromatic rings. The molecule has 164 valence electrons. The lowest BCUT2D eigenvalue weighted by molar-refractivity contribution is -0.122. The van der Waals surface area contributed by atoms with Gasteiger partial charge in [-0.25, -0.2) is 8.42 Å². The Morgan fingerprint density at radius 1 is 0.969 bits per heavy atom. The smallest absolute Gasteiger partial charge is 0.264 e. The molecule has 1 unspecified atom stereocenters. The van der Waals surface area contributed by atoms with Gasteiger partial charge in [0.15, 0.2) is 0 Å². The number of carbonyl (C=O) groups excluding carboxylic acids is 2. The Morgan fingerprint density at radius 2 is 1.62 bits per heavy atom. The number of sulfonamides is 1. The second-order valence-electron chi connectivity index (χ2n) is 7.57. The highest BCUT2D eigenvalue weighted by Gasteiger charge is 2.35. The third-order valence-electron chi connectivity index (χ3n) is 5.44. The summed E-state index contributed by atoms with van der Waals surface area (Å²) in [7, 11) is -2.32. The molecule has 0 aliphatic carbocycles. The summed E-state index contributed by atoms with van der Waals surface area (Å²) in [6, 6.07) is 24.1. The van der Waals surface area contributed by atoms with Crippen LogP contribution >= 0.6 is 0 Å². The van der Waals surface area contributed by atoms with Crippen LogP contribution in [0.5, 0.6) is 0 Å². The monoisotopic (exact) mass is 449 g/mol. The predicted octanol–water partition coefficient (Wildman–Crippen LogP) is 3.50. The van der Waals surface area contributed by atoms with Gasteiger partial charge in [0.2, 0.25) is 11.8 Å². The van der Waals surface area contributed by atoms with E-state index >= 15 is 0 Å². The molecule has 3 aromatic carbocycles. The largest absolute Gasteiger partial charge is 0.326 e. The lowest BCUT2D eigenvalue weighted by Crippen LogP contribution is -2.28. The molecule has 0 saturated carbocycles. The molecular formula is C24H23N3O4S. The quantitative estimate of drug-likeness (QED) is 0.624. The van der Waals surface area contributed by atoms with E-state index in [0.717, 1.165) is 5.69 Å². The minimum Gasteiger partial charge on any atom is -0.326 e. The maximum atomic E-state index is 13.0. The van der Waals surface area contributed by atoms with Gasteiger partial charge in [-0.05, 0) is 42.5 Å². The first-order chi connectivity index (χ1) is 15.4. The van der Waals surface area contributed by atoms with Gasteiger partial charge in [-0.15, -0.1) is 0 Å². The van der Waals surface area contributed by atoms with Gasteiger partial charge in [0.1, 0.15) is 0 Å². The van der Waals surface area contributed by atoms with Crippen LogP contribution in [0.25, 0.3) is 0 Å². The number of carbonyl (C=O) groups is 2. The first-order valence-electron chi connectivity index (χ1n) is 10.2. The average molecular weight is 450 g/mol. The molecule has 2 amide bonds. The van der Waals surface area contributed by atoms with E-state index in [9.17, 15) is 18.0 Å². The predicted molar refractivity (Wildman–Crippen MR) is 124 cm³/mol. The van der Waals surface area contributed by atoms with Gasteiger partial charge in [0.05, 0.1) is 16.5 Å². The minimum absolute atomic E-state index is 0.0649. The molecule has 0 spiro atoms. The van der Waals surface area contributed by atoms with Crippen molar-refractivity contribution in [2.45, 2.75) is 11.3 Å². The van der Waals surface area contributed by atoms with Crippen molar-refractivity contribution < 1.29 is 18.0 Å². The van der Waals surface area contributed by atoms with Crippen molar-refractivity contribution in [1.29, 1.82) is 0 Å². The highest BCUT2D eigenvalue weighted by molar-refractivity contribution is 7.92. The van der Waals surface area contributed by atoms with Crippen LogP contribution in [0, 0.1) is 5.92 Å². The number of para-hydroxylation sites is 2. The van der Waals surface area contributed by atoms with Crippen molar-refractivity contribution in [2.75, 3.05) is 28.1 Å². The number of anilines is 3. The number of benzene rings is 3. The van der Waals surface area contributed by atoms with Gasteiger partial charge in [-0.2, -0.15) is 0 Å². The number of nitrogens with zero attached hydrogens (tertiary/aromatic N) is 2. The summed E-state index contributed by atoms with van der Waals surface area (Å²) < 4.78 is 27.3. The van der Waals surface area contributed by atoms with Crippen molar-refractivity contribution in [2.24, 2.45) is 5.92 Å². The van der Waals surface area contributed by atoms with E-state index in [4.69, 9.17) is 0 Å². The number of nitrogens with one attached hydrogen (secondary N) is 1. The van der Waals surface area contributed by atoms with Crippen LogP contribution < -0.4 is 14.5 Å². The Hall–Kier alpha value is -3.65.